The second-order valence-electron chi connectivity index (χ2n) is 5.15. The van der Waals surface area contributed by atoms with Crippen molar-refractivity contribution in [3.8, 4) is 5.75 Å². The summed E-state index contributed by atoms with van der Waals surface area (Å²) in [6.45, 7) is 1.96. The lowest BCUT2D eigenvalue weighted by Gasteiger charge is -2.21. The Balaban J connectivity index is 2.00. The molecule has 0 aromatic heterocycles. The molecule has 7 nitrogen and oxygen atoms in total. The van der Waals surface area contributed by atoms with Crippen molar-refractivity contribution in [2.45, 2.75) is 18.6 Å². The van der Waals surface area contributed by atoms with Crippen molar-refractivity contribution in [3.05, 3.63) is 29.3 Å². The average molecular weight is 295 g/mol. The lowest BCUT2D eigenvalue weighted by atomic mass is 10.0. The van der Waals surface area contributed by atoms with Gasteiger partial charge in [-0.2, -0.15) is 0 Å². The van der Waals surface area contributed by atoms with Gasteiger partial charge in [-0.3, -0.25) is 0 Å². The van der Waals surface area contributed by atoms with E-state index in [9.17, 15) is 5.11 Å². The van der Waals surface area contributed by atoms with Gasteiger partial charge in [0.1, 0.15) is 11.4 Å². The lowest BCUT2D eigenvalue weighted by Crippen LogP contribution is -2.40. The first kappa shape index (κ1) is 15.6. The standard InChI is InChI=1S/C14H21N3O4/c1-20-12-3-2-10(6-11(12)13(15)17-19)7-16-8-14(18)4-5-21-9-14/h2-3,6,16,18-19H,4-5,7-9H2,1H3,(H2,15,17). The SMILES string of the molecule is COc1ccc(CNCC2(O)CCOC2)cc1/C(N)=N/O. The third-order valence-electron chi connectivity index (χ3n) is 3.51. The third-order valence-corrected chi connectivity index (χ3v) is 3.51. The summed E-state index contributed by atoms with van der Waals surface area (Å²) in [6, 6.07) is 5.43. The summed E-state index contributed by atoms with van der Waals surface area (Å²) in [7, 11) is 1.52. The van der Waals surface area contributed by atoms with E-state index in [2.05, 4.69) is 10.5 Å². The number of aliphatic hydroxyl groups is 1. The normalized spacial score (nSPS) is 22.5. The highest BCUT2D eigenvalue weighted by molar-refractivity contribution is 5.99. The molecule has 7 heteroatoms. The van der Waals surface area contributed by atoms with Gasteiger partial charge in [0.2, 0.25) is 0 Å². The van der Waals surface area contributed by atoms with E-state index in [-0.39, 0.29) is 5.84 Å². The quantitative estimate of drug-likeness (QED) is 0.255. The number of methoxy groups -OCH3 is 1. The van der Waals surface area contributed by atoms with Gasteiger partial charge in [-0.05, 0) is 17.7 Å². The van der Waals surface area contributed by atoms with Crippen LogP contribution in [0.3, 0.4) is 0 Å². The number of oxime groups is 1. The molecule has 0 radical (unpaired) electrons. The van der Waals surface area contributed by atoms with Crippen LogP contribution < -0.4 is 15.8 Å². The molecule has 1 fully saturated rings. The molecule has 1 heterocycles. The summed E-state index contributed by atoms with van der Waals surface area (Å²) in [5.74, 6) is 0.536. The predicted molar refractivity (Wildman–Crippen MR) is 77.6 cm³/mol. The molecule has 1 atom stereocenters. The van der Waals surface area contributed by atoms with Crippen molar-refractivity contribution >= 4 is 5.84 Å². The molecule has 1 saturated heterocycles. The molecular weight excluding hydrogens is 274 g/mol. The van der Waals surface area contributed by atoms with Crippen molar-refractivity contribution in [2.75, 3.05) is 26.9 Å². The number of amidine groups is 1. The van der Waals surface area contributed by atoms with Crippen LogP contribution >= 0.6 is 0 Å². The number of hydrogen-bond donors (Lipinski definition) is 4. The van der Waals surface area contributed by atoms with Gasteiger partial charge in [0.25, 0.3) is 0 Å². The Kier molecular flexibility index (Phi) is 5.00. The maximum atomic E-state index is 10.2. The zero-order chi connectivity index (χ0) is 15.3. The van der Waals surface area contributed by atoms with Gasteiger partial charge < -0.3 is 30.8 Å². The van der Waals surface area contributed by atoms with Gasteiger partial charge in [0, 0.05) is 26.1 Å². The molecule has 2 rings (SSSR count). The molecule has 5 N–H and O–H groups in total. The highest BCUT2D eigenvalue weighted by Crippen LogP contribution is 2.20. The van der Waals surface area contributed by atoms with E-state index in [1.807, 2.05) is 6.07 Å². The Labute approximate surface area is 123 Å². The van der Waals surface area contributed by atoms with Gasteiger partial charge in [-0.1, -0.05) is 11.2 Å². The molecule has 1 aliphatic rings. The topological polar surface area (TPSA) is 109 Å². The number of ether oxygens (including phenoxy) is 2. The Morgan fingerprint density at radius 1 is 1.57 bits per heavy atom. The highest BCUT2D eigenvalue weighted by atomic mass is 16.5. The molecule has 116 valence electrons. The van der Waals surface area contributed by atoms with Crippen molar-refractivity contribution < 1.29 is 19.8 Å². The summed E-state index contributed by atoms with van der Waals surface area (Å²) in [5, 5.41) is 25.1. The second-order valence-corrected chi connectivity index (χ2v) is 5.15. The first-order valence-electron chi connectivity index (χ1n) is 6.73. The van der Waals surface area contributed by atoms with Crippen LogP contribution in [-0.4, -0.2) is 48.6 Å². The highest BCUT2D eigenvalue weighted by Gasteiger charge is 2.31. The van der Waals surface area contributed by atoms with Crippen LogP contribution in [0.1, 0.15) is 17.5 Å². The van der Waals surface area contributed by atoms with Crippen molar-refractivity contribution in [2.24, 2.45) is 10.9 Å². The maximum absolute atomic E-state index is 10.2. The smallest absolute Gasteiger partial charge is 0.173 e. The minimum Gasteiger partial charge on any atom is -0.496 e. The summed E-state index contributed by atoms with van der Waals surface area (Å²) in [4.78, 5) is 0. The molecule has 1 aromatic carbocycles. The maximum Gasteiger partial charge on any atom is 0.173 e. The molecule has 1 unspecified atom stereocenters. The molecule has 21 heavy (non-hydrogen) atoms. The monoisotopic (exact) mass is 295 g/mol. The van der Waals surface area contributed by atoms with Crippen LogP contribution in [0.25, 0.3) is 0 Å². The molecule has 0 aliphatic carbocycles. The van der Waals surface area contributed by atoms with Crippen molar-refractivity contribution in [3.63, 3.8) is 0 Å². The van der Waals surface area contributed by atoms with Gasteiger partial charge in [-0.25, -0.2) is 0 Å². The molecule has 0 spiro atoms. The predicted octanol–water partition coefficient (Wildman–Crippen LogP) is 0.0307. The van der Waals surface area contributed by atoms with Crippen LogP contribution in [0.5, 0.6) is 5.75 Å². The zero-order valence-electron chi connectivity index (χ0n) is 12.0. The summed E-state index contributed by atoms with van der Waals surface area (Å²) >= 11 is 0. The minimum absolute atomic E-state index is 0.00322. The number of nitrogens with one attached hydrogen (secondary N) is 1. The Morgan fingerprint density at radius 2 is 2.38 bits per heavy atom. The first-order valence-corrected chi connectivity index (χ1v) is 6.73. The number of benzene rings is 1. The van der Waals surface area contributed by atoms with Crippen LogP contribution in [0.4, 0.5) is 0 Å². The average Bonchev–Trinajstić information content (AvgIpc) is 2.93. The molecule has 1 aliphatic heterocycles. The fourth-order valence-corrected chi connectivity index (χ4v) is 2.29. The number of nitrogens with two attached hydrogens (primary N) is 1. The van der Waals surface area contributed by atoms with E-state index < -0.39 is 5.60 Å². The summed E-state index contributed by atoms with van der Waals surface area (Å²) in [6.07, 6.45) is 0.637. The fraction of sp³-hybridized carbons (Fsp3) is 0.500. The number of nitrogens with zero attached hydrogens (tertiary/aromatic N) is 1. The summed E-state index contributed by atoms with van der Waals surface area (Å²) < 4.78 is 10.4. The number of hydrogen-bond acceptors (Lipinski definition) is 6. The molecule has 0 saturated carbocycles. The van der Waals surface area contributed by atoms with Crippen molar-refractivity contribution in [1.82, 2.24) is 5.32 Å². The Bertz CT molecular complexity index is 513. The van der Waals surface area contributed by atoms with Crippen LogP contribution in [0.2, 0.25) is 0 Å². The summed E-state index contributed by atoms with van der Waals surface area (Å²) in [5.41, 5.74) is 6.32. The molecule has 0 bridgehead atoms. The molecule has 0 amide bonds. The third kappa shape index (κ3) is 3.84. The lowest BCUT2D eigenvalue weighted by molar-refractivity contribution is 0.0268. The van der Waals surface area contributed by atoms with E-state index >= 15 is 0 Å². The Morgan fingerprint density at radius 3 is 3.00 bits per heavy atom. The zero-order valence-corrected chi connectivity index (χ0v) is 12.0. The Hall–Kier alpha value is -1.83. The van der Waals surface area contributed by atoms with E-state index in [1.165, 1.54) is 7.11 Å². The molecule has 1 aromatic rings. The fourth-order valence-electron chi connectivity index (χ4n) is 2.29. The van der Waals surface area contributed by atoms with Gasteiger partial charge in [-0.15, -0.1) is 0 Å². The minimum atomic E-state index is -0.791. The van der Waals surface area contributed by atoms with Gasteiger partial charge >= 0.3 is 0 Å². The van der Waals surface area contributed by atoms with Crippen LogP contribution in [-0.2, 0) is 11.3 Å². The van der Waals surface area contributed by atoms with Gasteiger partial charge in [0.05, 0.1) is 19.3 Å². The van der Waals surface area contributed by atoms with Crippen molar-refractivity contribution in [1.29, 1.82) is 0 Å². The molecular formula is C14H21N3O4. The first-order chi connectivity index (χ1) is 10.1. The van der Waals surface area contributed by atoms with E-state index in [4.69, 9.17) is 20.4 Å². The van der Waals surface area contributed by atoms with Crippen LogP contribution in [0, 0.1) is 0 Å². The van der Waals surface area contributed by atoms with Crippen LogP contribution in [0.15, 0.2) is 23.4 Å². The number of rotatable bonds is 6. The van der Waals surface area contributed by atoms with E-state index in [0.717, 1.165) is 5.56 Å². The van der Waals surface area contributed by atoms with E-state index in [0.29, 0.717) is 44.0 Å². The van der Waals surface area contributed by atoms with Gasteiger partial charge in [0.15, 0.2) is 5.84 Å². The second kappa shape index (κ2) is 6.75. The van der Waals surface area contributed by atoms with E-state index in [1.54, 1.807) is 12.1 Å². The largest absolute Gasteiger partial charge is 0.496 e.